The lowest BCUT2D eigenvalue weighted by molar-refractivity contribution is -0.175. The Hall–Kier alpha value is -7.89. The van der Waals surface area contributed by atoms with Gasteiger partial charge in [0, 0.05) is 5.92 Å². The van der Waals surface area contributed by atoms with E-state index in [1.165, 1.54) is 83.0 Å². The normalized spacial score (nSPS) is 21.0. The topological polar surface area (TPSA) is 158 Å². The van der Waals surface area contributed by atoms with Gasteiger partial charge in [0.05, 0.1) is 22.3 Å². The molecule has 7 aromatic carbocycles. The second-order valence-corrected chi connectivity index (χ2v) is 36.5. The summed E-state index contributed by atoms with van der Waals surface area (Å²) >= 11 is 0. The Labute approximate surface area is 696 Å². The number of carbonyl (C=O) groups excluding carboxylic acids is 3. The molecule has 0 aliphatic heterocycles. The van der Waals surface area contributed by atoms with Gasteiger partial charge in [0.15, 0.2) is 0 Å². The number of esters is 3. The second kappa shape index (κ2) is 44.6. The van der Waals surface area contributed by atoms with Crippen LogP contribution >= 0.6 is 0 Å². The summed E-state index contributed by atoms with van der Waals surface area (Å²) in [5.74, 6) is 8.11. The van der Waals surface area contributed by atoms with E-state index in [0.29, 0.717) is 52.9 Å². The minimum atomic E-state index is -0.579. The smallest absolute Gasteiger partial charge is 0.312 e. The summed E-state index contributed by atoms with van der Waals surface area (Å²) in [4.78, 5) is 36.9. The molecule has 632 valence electrons. The van der Waals surface area contributed by atoms with Gasteiger partial charge < -0.3 is 39.0 Å². The number of hydrogen-bond donors (Lipinski definition) is 3. The Balaban J connectivity index is 0.000000214. The third-order valence-electron chi connectivity index (χ3n) is 26.3. The van der Waals surface area contributed by atoms with Gasteiger partial charge in [0.25, 0.3) is 0 Å². The lowest BCUT2D eigenvalue weighted by Crippen LogP contribution is -2.39. The molecule has 12 unspecified atom stereocenters. The third kappa shape index (κ3) is 27.3. The van der Waals surface area contributed by atoms with E-state index in [1.54, 1.807) is 36.4 Å². The molecule has 2 bridgehead atoms. The summed E-state index contributed by atoms with van der Waals surface area (Å²) < 4.78 is 30.5. The average Bonchev–Trinajstić information content (AvgIpc) is 1.63. The maximum atomic E-state index is 12.5. The Kier molecular flexibility index (Phi) is 37.2. The van der Waals surface area contributed by atoms with E-state index in [0.717, 1.165) is 118 Å². The molecule has 0 radical (unpaired) electrons. The molecule has 12 rings (SSSR count). The van der Waals surface area contributed by atoms with Gasteiger partial charge in [-0.3, -0.25) is 14.4 Å². The summed E-state index contributed by atoms with van der Waals surface area (Å²) in [7, 11) is 0. The molecular weight excluding hydrogens is 1430 g/mol. The van der Waals surface area contributed by atoms with E-state index in [4.69, 9.17) is 39.0 Å². The SMILES string of the molecule is CCC(C)(C)C(=O)OC(C)(C)c1ccccc1.CCC(C)(C)C(=O)OC1(C)CCCc2ccccc21.CCC(C)(C)C(=O)OC1(CC)CCCc2ccccc21.CCC(C)c1ccc(O)cc1.CCC(C)c1ccc(O)cc1.CCC(C)c1ccc(O)cc1.CCC(C)c1ccc(OC(OC2CC3CC2C2CCCC32)C(C)C)cc1. The number of ether oxygens (including phenoxy) is 5. The van der Waals surface area contributed by atoms with Gasteiger partial charge in [-0.25, -0.2) is 0 Å². The second-order valence-electron chi connectivity index (χ2n) is 36.5. The zero-order valence-electron chi connectivity index (χ0n) is 75.1. The summed E-state index contributed by atoms with van der Waals surface area (Å²) in [5.41, 5.74) is 8.65. The lowest BCUT2D eigenvalue weighted by Gasteiger charge is -2.40. The molecule has 3 N–H and O–H groups in total. The standard InChI is InChI=1S/C24H36O2.C18H26O2.C17H24O2.C15H22O2.3C10H14O/c1-5-16(4)17-9-11-19(12-10-17)25-24(15(2)3)26-23-14-18-13-22(23)21-8-6-7-20(18)21;1-5-17(3,4)16(19)20-18(6-2)13-9-11-14-10-7-8-12-15(14)18;1-5-16(2,3)15(18)19-17(4)12-8-10-13-9-6-7-11-14(13)17;1-6-14(2,3)13(16)17-15(4,5)12-10-8-7-9-11-12;3*1-3-8(2)9-4-6-10(11)7-5-9/h9-12,15-16,18,20-24H,5-8,13-14H2,1-4H3;7-8,10,12H,5-6,9,11,13H2,1-4H3;6-7,9,11H,5,8,10,12H2,1-4H3;7-11H,6H2,1-5H3;3*4-8,11H,3H2,1-2H3. The van der Waals surface area contributed by atoms with Crippen LogP contribution in [-0.2, 0) is 63.0 Å². The highest BCUT2D eigenvalue weighted by Crippen LogP contribution is 2.60. The van der Waals surface area contributed by atoms with Crippen molar-refractivity contribution in [1.82, 2.24) is 0 Å². The molecule has 3 saturated carbocycles. The summed E-state index contributed by atoms with van der Waals surface area (Å²) in [6.07, 6.45) is 21.3. The summed E-state index contributed by atoms with van der Waals surface area (Å²) in [6.45, 7) is 47.7. The largest absolute Gasteiger partial charge is 0.508 e. The first-order valence-electron chi connectivity index (χ1n) is 44.1. The summed E-state index contributed by atoms with van der Waals surface area (Å²) in [6, 6.07) is 57.5. The van der Waals surface area contributed by atoms with Crippen LogP contribution < -0.4 is 4.74 Å². The molecule has 5 aliphatic carbocycles. The van der Waals surface area contributed by atoms with E-state index in [-0.39, 0.29) is 24.2 Å². The molecule has 5 aliphatic rings. The molecule has 3 fully saturated rings. The summed E-state index contributed by atoms with van der Waals surface area (Å²) in [5, 5.41) is 27.0. The van der Waals surface area contributed by atoms with Gasteiger partial charge in [-0.15, -0.1) is 0 Å². The van der Waals surface area contributed by atoms with Crippen LogP contribution in [0.4, 0.5) is 0 Å². The molecule has 0 saturated heterocycles. The van der Waals surface area contributed by atoms with Crippen molar-refractivity contribution in [2.45, 2.75) is 334 Å². The molecule has 0 spiro atoms. The number of hydrogen-bond acceptors (Lipinski definition) is 11. The first-order valence-corrected chi connectivity index (χ1v) is 44.1. The molecule has 0 aromatic heterocycles. The molecule has 12 atom stereocenters. The number of phenols is 3. The average molecular weight is 1580 g/mol. The fourth-order valence-electron chi connectivity index (χ4n) is 15.9. The van der Waals surface area contributed by atoms with Gasteiger partial charge in [0.2, 0.25) is 6.29 Å². The van der Waals surface area contributed by atoms with Crippen molar-refractivity contribution in [3.8, 4) is 23.0 Å². The molecule has 0 heterocycles. The number of rotatable bonds is 24. The van der Waals surface area contributed by atoms with Crippen LogP contribution in [0.3, 0.4) is 0 Å². The predicted octanol–water partition coefficient (Wildman–Crippen LogP) is 27.8. The van der Waals surface area contributed by atoms with Gasteiger partial charge in [-0.2, -0.15) is 0 Å². The van der Waals surface area contributed by atoms with Gasteiger partial charge in [-0.1, -0.05) is 231 Å². The molecule has 115 heavy (non-hydrogen) atoms. The van der Waals surface area contributed by atoms with Gasteiger partial charge in [-0.05, 0) is 324 Å². The lowest BCUT2D eigenvalue weighted by atomic mass is 9.77. The monoisotopic (exact) mass is 1580 g/mol. The van der Waals surface area contributed by atoms with E-state index < -0.39 is 33.0 Å². The molecule has 7 aromatic rings. The highest BCUT2D eigenvalue weighted by molar-refractivity contribution is 5.77. The number of carbonyl (C=O) groups is 3. The Morgan fingerprint density at radius 3 is 1.26 bits per heavy atom. The van der Waals surface area contributed by atoms with Crippen LogP contribution in [-0.4, -0.2) is 45.6 Å². The quantitative estimate of drug-likeness (QED) is 0.0300. The number of benzene rings is 7. The van der Waals surface area contributed by atoms with Crippen molar-refractivity contribution in [3.05, 3.63) is 226 Å². The fraction of sp³-hybridized carbons (Fsp3) is 0.567. The van der Waals surface area contributed by atoms with E-state index in [9.17, 15) is 14.4 Å². The van der Waals surface area contributed by atoms with Crippen LogP contribution in [0, 0.1) is 45.8 Å². The van der Waals surface area contributed by atoms with Crippen molar-refractivity contribution >= 4 is 17.9 Å². The maximum absolute atomic E-state index is 12.5. The van der Waals surface area contributed by atoms with Crippen LogP contribution in [0.15, 0.2) is 176 Å². The minimum Gasteiger partial charge on any atom is -0.508 e. The predicted molar refractivity (Wildman–Crippen MR) is 475 cm³/mol. The van der Waals surface area contributed by atoms with E-state index in [2.05, 4.69) is 144 Å². The molecule has 11 heteroatoms. The van der Waals surface area contributed by atoms with Gasteiger partial charge in [0.1, 0.15) is 39.8 Å². The number of aryl methyl sites for hydroxylation is 2. The van der Waals surface area contributed by atoms with Crippen LogP contribution in [0.5, 0.6) is 23.0 Å². The number of phenolic OH excluding ortho intramolecular Hbond substituents is 3. The van der Waals surface area contributed by atoms with Crippen molar-refractivity contribution in [2.75, 3.05) is 0 Å². The highest BCUT2D eigenvalue weighted by Gasteiger charge is 2.55. The van der Waals surface area contributed by atoms with Crippen LogP contribution in [0.1, 0.15) is 342 Å². The van der Waals surface area contributed by atoms with Crippen molar-refractivity contribution < 1.29 is 53.4 Å². The number of fused-ring (bicyclic) bond motifs is 7. The third-order valence-corrected chi connectivity index (χ3v) is 26.3. The molecular formula is C104H150O11. The highest BCUT2D eigenvalue weighted by atomic mass is 16.7. The maximum Gasteiger partial charge on any atom is 0.312 e. The first kappa shape index (κ1) is 96.0. The molecule has 0 amide bonds. The first-order chi connectivity index (χ1) is 54.4. The van der Waals surface area contributed by atoms with Crippen molar-refractivity contribution in [3.63, 3.8) is 0 Å². The Morgan fingerprint density at radius 1 is 0.435 bits per heavy atom. The van der Waals surface area contributed by atoms with Crippen LogP contribution in [0.25, 0.3) is 0 Å². The van der Waals surface area contributed by atoms with E-state index >= 15 is 0 Å². The van der Waals surface area contributed by atoms with Crippen molar-refractivity contribution in [2.24, 2.45) is 45.8 Å². The van der Waals surface area contributed by atoms with Gasteiger partial charge >= 0.3 is 17.9 Å². The number of aromatic hydroxyl groups is 3. The zero-order chi connectivity index (χ0) is 85.1. The fourth-order valence-corrected chi connectivity index (χ4v) is 15.9. The zero-order valence-corrected chi connectivity index (χ0v) is 75.1. The minimum absolute atomic E-state index is 0.0708. The Morgan fingerprint density at radius 2 is 0.826 bits per heavy atom. The van der Waals surface area contributed by atoms with E-state index in [1.807, 2.05) is 155 Å². The van der Waals surface area contributed by atoms with Crippen molar-refractivity contribution in [1.29, 1.82) is 0 Å². The molecule has 11 nitrogen and oxygen atoms in total. The Bertz CT molecular complexity index is 3880. The van der Waals surface area contributed by atoms with Crippen LogP contribution in [0.2, 0.25) is 0 Å².